The summed E-state index contributed by atoms with van der Waals surface area (Å²) in [5, 5.41) is 28.0. The number of hydrogen-bond donors (Lipinski definition) is 3. The number of piperazine rings is 1. The number of nitrogens with zero attached hydrogens (tertiary/aromatic N) is 3. The Hall–Kier alpha value is -1.90. The summed E-state index contributed by atoms with van der Waals surface area (Å²) in [6.07, 6.45) is 1.09. The van der Waals surface area contributed by atoms with Crippen LogP contribution in [-0.4, -0.2) is 75.5 Å². The quantitative estimate of drug-likeness (QED) is 0.635. The van der Waals surface area contributed by atoms with E-state index in [1.165, 1.54) is 10.6 Å². The average molecular weight is 311 g/mol. The number of carboxylic acid groups (broad SMARTS) is 1. The van der Waals surface area contributed by atoms with Gasteiger partial charge in [0.2, 0.25) is 5.43 Å². The van der Waals surface area contributed by atoms with Gasteiger partial charge in [-0.15, -0.1) is 0 Å². The Morgan fingerprint density at radius 1 is 1.32 bits per heavy atom. The summed E-state index contributed by atoms with van der Waals surface area (Å²) in [5.41, 5.74) is -0.0868. The van der Waals surface area contributed by atoms with Crippen molar-refractivity contribution in [1.82, 2.24) is 14.4 Å². The third-order valence-electron chi connectivity index (χ3n) is 3.92. The van der Waals surface area contributed by atoms with Gasteiger partial charge in [0.25, 0.3) is 0 Å². The minimum absolute atomic E-state index is 0.396. The van der Waals surface area contributed by atoms with Crippen molar-refractivity contribution in [2.45, 2.75) is 12.6 Å². The molecule has 2 rings (SSSR count). The number of aliphatic carboxylic acids is 1. The number of aliphatic hydroxyl groups is 1. The Morgan fingerprint density at radius 2 is 1.95 bits per heavy atom. The maximum Gasteiger partial charge on any atom is 0.329 e. The van der Waals surface area contributed by atoms with Crippen molar-refractivity contribution in [3.05, 3.63) is 28.2 Å². The fourth-order valence-electron chi connectivity index (χ4n) is 2.52. The molecule has 0 bridgehead atoms. The molecule has 0 spiro atoms. The molecule has 0 amide bonds. The zero-order valence-electron chi connectivity index (χ0n) is 12.5. The van der Waals surface area contributed by atoms with Crippen molar-refractivity contribution in [2.24, 2.45) is 0 Å². The first-order chi connectivity index (χ1) is 10.4. The van der Waals surface area contributed by atoms with Crippen LogP contribution in [-0.2, 0) is 11.3 Å². The van der Waals surface area contributed by atoms with E-state index in [2.05, 4.69) is 9.80 Å². The highest BCUT2D eigenvalue weighted by atomic mass is 16.4. The molecule has 8 nitrogen and oxygen atoms in total. The molecule has 0 aliphatic carbocycles. The number of likely N-dealkylation sites (N-methyl/N-ethyl adjacent to an activating group) is 1. The largest absolute Gasteiger partial charge is 0.503 e. The van der Waals surface area contributed by atoms with E-state index in [0.29, 0.717) is 12.2 Å². The van der Waals surface area contributed by atoms with Gasteiger partial charge in [0, 0.05) is 44.5 Å². The Kier molecular flexibility index (Phi) is 5.17. The highest BCUT2D eigenvalue weighted by molar-refractivity contribution is 5.72. The van der Waals surface area contributed by atoms with E-state index in [4.69, 9.17) is 0 Å². The zero-order valence-corrected chi connectivity index (χ0v) is 12.5. The highest BCUT2D eigenvalue weighted by Gasteiger charge is 2.23. The first-order valence-corrected chi connectivity index (χ1v) is 7.11. The van der Waals surface area contributed by atoms with E-state index in [0.717, 1.165) is 32.4 Å². The molecule has 0 radical (unpaired) electrons. The van der Waals surface area contributed by atoms with Crippen LogP contribution in [0.1, 0.15) is 11.7 Å². The van der Waals surface area contributed by atoms with Gasteiger partial charge in [0.15, 0.2) is 11.8 Å². The molecule has 1 aliphatic heterocycles. The van der Waals surface area contributed by atoms with Crippen molar-refractivity contribution < 1.29 is 20.1 Å². The molecule has 0 aromatic carbocycles. The standard InChI is InChI=1S/C14H21N3O5/c1-15-2-4-16(5-3-15)7-10-6-12(19)13(20)8-17(10)11(9-18)14(21)22/h6,8,11,18,20H,2-5,7,9H2,1H3,(H,21,22). The topological polar surface area (TPSA) is 106 Å². The van der Waals surface area contributed by atoms with Crippen LogP contribution >= 0.6 is 0 Å². The van der Waals surface area contributed by atoms with Crippen LogP contribution in [0.15, 0.2) is 17.1 Å². The number of carbonyl (C=O) groups is 1. The minimum atomic E-state index is -1.23. The lowest BCUT2D eigenvalue weighted by Gasteiger charge is -2.33. The lowest BCUT2D eigenvalue weighted by molar-refractivity contribution is -0.142. The summed E-state index contributed by atoms with van der Waals surface area (Å²) in [5.74, 6) is -1.74. The smallest absolute Gasteiger partial charge is 0.329 e. The van der Waals surface area contributed by atoms with Crippen molar-refractivity contribution in [2.75, 3.05) is 39.8 Å². The monoisotopic (exact) mass is 311 g/mol. The van der Waals surface area contributed by atoms with E-state index in [1.54, 1.807) is 0 Å². The van der Waals surface area contributed by atoms with Gasteiger partial charge in [0.05, 0.1) is 12.8 Å². The minimum Gasteiger partial charge on any atom is -0.503 e. The van der Waals surface area contributed by atoms with E-state index in [1.807, 2.05) is 7.05 Å². The van der Waals surface area contributed by atoms with E-state index in [-0.39, 0.29) is 0 Å². The molecule has 122 valence electrons. The lowest BCUT2D eigenvalue weighted by Crippen LogP contribution is -2.44. The van der Waals surface area contributed by atoms with Crippen LogP contribution < -0.4 is 5.43 Å². The third-order valence-corrected chi connectivity index (χ3v) is 3.92. The molecular weight excluding hydrogens is 290 g/mol. The third kappa shape index (κ3) is 3.65. The van der Waals surface area contributed by atoms with Crippen LogP contribution in [0.5, 0.6) is 5.75 Å². The second-order valence-electron chi connectivity index (χ2n) is 5.54. The molecule has 1 aromatic rings. The summed E-state index contributed by atoms with van der Waals surface area (Å²) in [6, 6.07) is 0.00756. The highest BCUT2D eigenvalue weighted by Crippen LogP contribution is 2.16. The average Bonchev–Trinajstić information content (AvgIpc) is 2.46. The van der Waals surface area contributed by atoms with E-state index in [9.17, 15) is 24.9 Å². The first-order valence-electron chi connectivity index (χ1n) is 7.11. The second-order valence-corrected chi connectivity index (χ2v) is 5.54. The predicted molar refractivity (Wildman–Crippen MR) is 78.9 cm³/mol. The van der Waals surface area contributed by atoms with Gasteiger partial charge >= 0.3 is 5.97 Å². The predicted octanol–water partition coefficient (Wildman–Crippen LogP) is -1.08. The molecule has 22 heavy (non-hydrogen) atoms. The van der Waals surface area contributed by atoms with Crippen molar-refractivity contribution >= 4 is 5.97 Å². The first kappa shape index (κ1) is 16.5. The molecule has 0 saturated carbocycles. The molecule has 1 aromatic heterocycles. The maximum absolute atomic E-state index is 11.7. The number of rotatable bonds is 5. The molecule has 1 aliphatic rings. The van der Waals surface area contributed by atoms with Gasteiger partial charge < -0.3 is 24.8 Å². The van der Waals surface area contributed by atoms with E-state index < -0.39 is 29.8 Å². The molecule has 1 unspecified atom stereocenters. The van der Waals surface area contributed by atoms with Crippen molar-refractivity contribution in [1.29, 1.82) is 0 Å². The zero-order chi connectivity index (χ0) is 16.3. The number of carboxylic acids is 1. The van der Waals surface area contributed by atoms with Crippen LogP contribution in [0.4, 0.5) is 0 Å². The number of aromatic hydroxyl groups is 1. The Labute approximate surface area is 127 Å². The maximum atomic E-state index is 11.7. The summed E-state index contributed by atoms with van der Waals surface area (Å²) in [6.45, 7) is 3.18. The van der Waals surface area contributed by atoms with Gasteiger partial charge in [-0.1, -0.05) is 0 Å². The summed E-state index contributed by atoms with van der Waals surface area (Å²) in [4.78, 5) is 27.2. The fourth-order valence-corrected chi connectivity index (χ4v) is 2.52. The lowest BCUT2D eigenvalue weighted by atomic mass is 10.2. The van der Waals surface area contributed by atoms with E-state index >= 15 is 0 Å². The van der Waals surface area contributed by atoms with Gasteiger partial charge in [-0.3, -0.25) is 9.69 Å². The molecule has 1 saturated heterocycles. The number of hydrogen-bond acceptors (Lipinski definition) is 6. The molecule has 3 N–H and O–H groups in total. The van der Waals surface area contributed by atoms with Crippen LogP contribution in [0.25, 0.3) is 0 Å². The van der Waals surface area contributed by atoms with Crippen molar-refractivity contribution in [3.63, 3.8) is 0 Å². The Morgan fingerprint density at radius 3 is 2.50 bits per heavy atom. The normalized spacial score (nSPS) is 18.3. The summed E-state index contributed by atoms with van der Waals surface area (Å²) in [7, 11) is 2.03. The molecule has 1 atom stereocenters. The Bertz CT molecular complexity index is 593. The number of aromatic nitrogens is 1. The van der Waals surface area contributed by atoms with Gasteiger partial charge in [-0.05, 0) is 7.05 Å². The summed E-state index contributed by atoms with van der Waals surface area (Å²) < 4.78 is 1.26. The molecular formula is C14H21N3O5. The Balaban J connectivity index is 2.30. The van der Waals surface area contributed by atoms with Gasteiger partial charge in [-0.25, -0.2) is 4.79 Å². The van der Waals surface area contributed by atoms with Gasteiger partial charge in [0.1, 0.15) is 0 Å². The number of aliphatic hydroxyl groups excluding tert-OH is 1. The van der Waals surface area contributed by atoms with Crippen LogP contribution in [0.2, 0.25) is 0 Å². The molecule has 2 heterocycles. The van der Waals surface area contributed by atoms with Crippen LogP contribution in [0.3, 0.4) is 0 Å². The van der Waals surface area contributed by atoms with Crippen LogP contribution in [0, 0.1) is 0 Å². The second kappa shape index (κ2) is 6.91. The molecule has 1 fully saturated rings. The summed E-state index contributed by atoms with van der Waals surface area (Å²) >= 11 is 0. The molecule has 8 heteroatoms. The van der Waals surface area contributed by atoms with Gasteiger partial charge in [-0.2, -0.15) is 0 Å². The fraction of sp³-hybridized carbons (Fsp3) is 0.571. The SMILES string of the molecule is CN1CCN(Cc2cc(=O)c(O)cn2C(CO)C(=O)O)CC1. The van der Waals surface area contributed by atoms with Crippen molar-refractivity contribution in [3.8, 4) is 5.75 Å². The number of pyridine rings is 1.